The van der Waals surface area contributed by atoms with Crippen molar-refractivity contribution in [1.82, 2.24) is 5.32 Å². The SMILES string of the molecule is CC(=O)N[C@@H](C)[C@@H](O)C(=O)O[C@H]1C[C@@]2(O)[C@@H](OC(C)=O)[C@@H]3[C@]4(OC(C)=O)CO[C@@H]4C[C@H](O)[C@@]3(C)C(=O)[C@H](OC(C)=O)C(=C1C)C2(C)C. The van der Waals surface area contributed by atoms with Gasteiger partial charge in [-0.3, -0.25) is 24.0 Å². The highest BCUT2D eigenvalue weighted by molar-refractivity contribution is 5.95. The van der Waals surface area contributed by atoms with Crippen molar-refractivity contribution in [2.45, 2.75) is 129 Å². The second-order valence-corrected chi connectivity index (χ2v) is 14.0. The molecule has 1 saturated heterocycles. The predicted octanol–water partition coefficient (Wildman–Crippen LogP) is -0.205. The zero-order valence-electron chi connectivity index (χ0n) is 28.1. The van der Waals surface area contributed by atoms with Crippen molar-refractivity contribution in [3.8, 4) is 0 Å². The summed E-state index contributed by atoms with van der Waals surface area (Å²) in [4.78, 5) is 77.7. The number of carbonyl (C=O) groups is 6. The molecule has 3 fully saturated rings. The van der Waals surface area contributed by atoms with E-state index in [-0.39, 0.29) is 24.2 Å². The quantitative estimate of drug-likeness (QED) is 0.157. The number of ketones is 1. The summed E-state index contributed by atoms with van der Waals surface area (Å²) in [6.07, 6.45) is -9.75. The third-order valence-corrected chi connectivity index (χ3v) is 10.6. The Balaban J connectivity index is 2.02. The molecule has 2 bridgehead atoms. The summed E-state index contributed by atoms with van der Waals surface area (Å²) in [5, 5.41) is 37.8. The molecule has 4 aliphatic rings. The average Bonchev–Trinajstić information content (AvgIpc) is 2.93. The smallest absolute Gasteiger partial charge is 0.337 e. The minimum Gasteiger partial charge on any atom is -0.459 e. The Labute approximate surface area is 272 Å². The van der Waals surface area contributed by atoms with E-state index in [1.54, 1.807) is 13.8 Å². The van der Waals surface area contributed by atoms with Crippen molar-refractivity contribution in [1.29, 1.82) is 0 Å². The molecule has 0 aromatic carbocycles. The van der Waals surface area contributed by atoms with Gasteiger partial charge in [0.1, 0.15) is 23.9 Å². The van der Waals surface area contributed by atoms with Crippen LogP contribution in [0.3, 0.4) is 0 Å². The summed E-state index contributed by atoms with van der Waals surface area (Å²) in [7, 11) is 0. The molecule has 0 radical (unpaired) electrons. The molecular formula is C32H45NO14. The van der Waals surface area contributed by atoms with E-state index in [1.165, 1.54) is 27.7 Å². The van der Waals surface area contributed by atoms with Gasteiger partial charge in [0.15, 0.2) is 23.6 Å². The van der Waals surface area contributed by atoms with E-state index in [2.05, 4.69) is 5.32 Å². The summed E-state index contributed by atoms with van der Waals surface area (Å²) in [5.41, 5.74) is -7.22. The molecule has 262 valence electrons. The number of aliphatic hydroxyl groups excluding tert-OH is 2. The van der Waals surface area contributed by atoms with E-state index in [0.29, 0.717) is 0 Å². The maximum Gasteiger partial charge on any atom is 0.337 e. The number of rotatable bonds is 7. The molecule has 0 aromatic heterocycles. The van der Waals surface area contributed by atoms with Gasteiger partial charge in [-0.2, -0.15) is 0 Å². The van der Waals surface area contributed by atoms with E-state index in [1.807, 2.05) is 0 Å². The van der Waals surface area contributed by atoms with Crippen molar-refractivity contribution in [2.75, 3.05) is 6.61 Å². The molecule has 1 amide bonds. The Kier molecular flexibility index (Phi) is 9.49. The normalized spacial score (nSPS) is 38.5. The number of carbonyl (C=O) groups excluding carboxylic acids is 6. The van der Waals surface area contributed by atoms with Gasteiger partial charge in [0, 0.05) is 46.0 Å². The van der Waals surface area contributed by atoms with Crippen molar-refractivity contribution in [2.24, 2.45) is 16.7 Å². The van der Waals surface area contributed by atoms with Crippen LogP contribution in [0.15, 0.2) is 11.1 Å². The van der Waals surface area contributed by atoms with E-state index < -0.39 is 113 Å². The van der Waals surface area contributed by atoms with E-state index in [9.17, 15) is 44.1 Å². The number of nitrogens with one attached hydrogen (secondary N) is 1. The van der Waals surface area contributed by atoms with Crippen molar-refractivity contribution < 1.29 is 67.8 Å². The largest absolute Gasteiger partial charge is 0.459 e. The second-order valence-electron chi connectivity index (χ2n) is 14.0. The van der Waals surface area contributed by atoms with Crippen LogP contribution in [-0.2, 0) is 52.5 Å². The molecule has 3 aliphatic carbocycles. The number of hydrogen-bond acceptors (Lipinski definition) is 14. The molecule has 1 aliphatic heterocycles. The highest BCUT2D eigenvalue weighted by Crippen LogP contribution is 2.64. The molecule has 11 atom stereocenters. The molecule has 47 heavy (non-hydrogen) atoms. The van der Waals surface area contributed by atoms with Crippen molar-refractivity contribution in [3.63, 3.8) is 0 Å². The molecule has 0 unspecified atom stereocenters. The van der Waals surface area contributed by atoms with Crippen LogP contribution < -0.4 is 5.32 Å². The van der Waals surface area contributed by atoms with Crippen LogP contribution in [0.2, 0.25) is 0 Å². The van der Waals surface area contributed by atoms with Crippen LogP contribution in [0.25, 0.3) is 0 Å². The van der Waals surface area contributed by atoms with Gasteiger partial charge in [0.05, 0.1) is 30.1 Å². The van der Waals surface area contributed by atoms with Gasteiger partial charge in [-0.05, 0) is 31.9 Å². The standard InChI is InChI=1S/C32H45NO14/c1-13-19(46-28(41)23(39)14(2)33-15(3)34)11-32(42)27(45-17(5)36)25-30(9,20(38)10-21-31(25,12-43-21)47-18(6)37)26(40)24(44-16(4)35)22(13)29(32,7)8/h14,19-21,23-25,27,38-39,42H,10-12H2,1-9H3,(H,33,34)/t14-,19-,20-,21+,23+,24+,25-,27-,30+,31-,32+/m0/s1. The number of hydrogen-bond donors (Lipinski definition) is 4. The van der Waals surface area contributed by atoms with Gasteiger partial charge < -0.3 is 44.3 Å². The van der Waals surface area contributed by atoms with Gasteiger partial charge in [-0.1, -0.05) is 13.8 Å². The summed E-state index contributed by atoms with van der Waals surface area (Å²) < 4.78 is 28.9. The minimum absolute atomic E-state index is 0.0335. The van der Waals surface area contributed by atoms with E-state index >= 15 is 0 Å². The van der Waals surface area contributed by atoms with Crippen LogP contribution in [0.4, 0.5) is 0 Å². The summed E-state index contributed by atoms with van der Waals surface area (Å²) >= 11 is 0. The lowest BCUT2D eigenvalue weighted by Crippen LogP contribution is -2.82. The average molecular weight is 668 g/mol. The van der Waals surface area contributed by atoms with Crippen LogP contribution in [-0.4, -0.2) is 111 Å². The summed E-state index contributed by atoms with van der Waals surface area (Å²) in [6.45, 7) is 11.6. The summed E-state index contributed by atoms with van der Waals surface area (Å²) in [5.74, 6) is -6.47. The predicted molar refractivity (Wildman–Crippen MR) is 158 cm³/mol. The maximum absolute atomic E-state index is 14.9. The second kappa shape index (κ2) is 12.2. The number of fused-ring (bicyclic) bond motifs is 5. The Bertz CT molecular complexity index is 1410. The first-order valence-corrected chi connectivity index (χ1v) is 15.5. The molecule has 15 nitrogen and oxygen atoms in total. The Morgan fingerprint density at radius 2 is 1.57 bits per heavy atom. The van der Waals surface area contributed by atoms with Gasteiger partial charge in [-0.15, -0.1) is 0 Å². The lowest BCUT2D eigenvalue weighted by Gasteiger charge is -2.67. The van der Waals surface area contributed by atoms with E-state index in [0.717, 1.165) is 20.8 Å². The first-order chi connectivity index (χ1) is 21.6. The molecule has 4 N–H and O–H groups in total. The van der Waals surface area contributed by atoms with Gasteiger partial charge in [0.25, 0.3) is 0 Å². The van der Waals surface area contributed by atoms with Gasteiger partial charge in [0.2, 0.25) is 5.91 Å². The number of amides is 1. The Hall–Kier alpha value is -3.40. The monoisotopic (exact) mass is 667 g/mol. The molecular weight excluding hydrogens is 622 g/mol. The topological polar surface area (TPSA) is 221 Å². The van der Waals surface area contributed by atoms with Crippen LogP contribution in [0.5, 0.6) is 0 Å². The molecule has 2 saturated carbocycles. The molecule has 15 heteroatoms. The molecule has 1 heterocycles. The Morgan fingerprint density at radius 3 is 2.06 bits per heavy atom. The first kappa shape index (κ1) is 36.4. The Morgan fingerprint density at radius 1 is 0.979 bits per heavy atom. The van der Waals surface area contributed by atoms with Crippen LogP contribution >= 0.6 is 0 Å². The highest BCUT2D eigenvalue weighted by Gasteiger charge is 2.78. The number of esters is 4. The van der Waals surface area contributed by atoms with Crippen molar-refractivity contribution in [3.05, 3.63) is 11.1 Å². The first-order valence-electron chi connectivity index (χ1n) is 15.5. The zero-order chi connectivity index (χ0) is 35.6. The number of Topliss-reactive ketones (excluding diaryl/α,β-unsaturated/α-hetero) is 1. The fourth-order valence-corrected chi connectivity index (χ4v) is 8.25. The van der Waals surface area contributed by atoms with Crippen LogP contribution in [0, 0.1) is 16.7 Å². The van der Waals surface area contributed by atoms with Crippen LogP contribution in [0.1, 0.15) is 75.2 Å². The van der Waals surface area contributed by atoms with Gasteiger partial charge in [-0.25, -0.2) is 4.79 Å². The van der Waals surface area contributed by atoms with E-state index in [4.69, 9.17) is 23.7 Å². The molecule has 0 spiro atoms. The maximum atomic E-state index is 14.9. The number of aliphatic hydroxyl groups is 3. The molecule has 0 aromatic rings. The summed E-state index contributed by atoms with van der Waals surface area (Å²) in [6, 6.07) is -1.06. The van der Waals surface area contributed by atoms with Gasteiger partial charge >= 0.3 is 23.9 Å². The number of ether oxygens (including phenoxy) is 5. The van der Waals surface area contributed by atoms with Crippen molar-refractivity contribution >= 4 is 35.6 Å². The third kappa shape index (κ3) is 5.64. The molecule has 4 rings (SSSR count). The fraction of sp³-hybridized carbons (Fsp3) is 0.750. The minimum atomic E-state index is -2.26. The third-order valence-electron chi connectivity index (χ3n) is 10.6. The fourth-order valence-electron chi connectivity index (χ4n) is 8.25. The highest BCUT2D eigenvalue weighted by atomic mass is 16.6. The lowest BCUT2D eigenvalue weighted by molar-refractivity contribution is -0.347. The zero-order valence-corrected chi connectivity index (χ0v) is 28.1. The lowest BCUT2D eigenvalue weighted by atomic mass is 9.44.